The zero-order valence-electron chi connectivity index (χ0n) is 7.20. The van der Waals surface area contributed by atoms with Crippen LogP contribution in [0.5, 0.6) is 0 Å². The van der Waals surface area contributed by atoms with Crippen molar-refractivity contribution < 1.29 is 9.90 Å². The van der Waals surface area contributed by atoms with E-state index < -0.39 is 5.60 Å². The summed E-state index contributed by atoms with van der Waals surface area (Å²) in [7, 11) is 0. The molecule has 1 rings (SSSR count). The van der Waals surface area contributed by atoms with Crippen molar-refractivity contribution in [3.63, 3.8) is 0 Å². The van der Waals surface area contributed by atoms with Gasteiger partial charge in [0.25, 0.3) is 0 Å². The number of ketones is 1. The fourth-order valence-electron chi connectivity index (χ4n) is 0.937. The molecule has 0 bridgehead atoms. The Morgan fingerprint density at radius 2 is 1.75 bits per heavy atom. The third-order valence-electron chi connectivity index (χ3n) is 1.58. The number of carbonyl (C=O) groups is 1. The van der Waals surface area contributed by atoms with Crippen LogP contribution in [-0.4, -0.2) is 11.4 Å². The molecular weight excluding hydrogens is 152 g/mol. The SMILES string of the molecule is CC(C)([O-])C(=O)c1ccccc1. The van der Waals surface area contributed by atoms with Crippen molar-refractivity contribution in [1.29, 1.82) is 0 Å². The first kappa shape index (κ1) is 8.94. The van der Waals surface area contributed by atoms with E-state index in [1.165, 1.54) is 13.8 Å². The second-order valence-corrected chi connectivity index (χ2v) is 3.21. The first-order valence-electron chi connectivity index (χ1n) is 3.82. The van der Waals surface area contributed by atoms with Crippen LogP contribution in [0.15, 0.2) is 30.3 Å². The topological polar surface area (TPSA) is 40.1 Å². The van der Waals surface area contributed by atoms with E-state index in [-0.39, 0.29) is 5.78 Å². The van der Waals surface area contributed by atoms with Crippen LogP contribution in [0.2, 0.25) is 0 Å². The van der Waals surface area contributed by atoms with Crippen LogP contribution in [0.3, 0.4) is 0 Å². The number of carbonyl (C=O) groups excluding carboxylic acids is 1. The predicted molar refractivity (Wildman–Crippen MR) is 44.9 cm³/mol. The van der Waals surface area contributed by atoms with Gasteiger partial charge in [-0.3, -0.25) is 4.79 Å². The summed E-state index contributed by atoms with van der Waals surface area (Å²) < 4.78 is 0. The lowest BCUT2D eigenvalue weighted by Gasteiger charge is -2.29. The Bertz CT molecular complexity index is 270. The molecule has 2 nitrogen and oxygen atoms in total. The molecule has 12 heavy (non-hydrogen) atoms. The lowest BCUT2D eigenvalue weighted by Crippen LogP contribution is -2.45. The van der Waals surface area contributed by atoms with Gasteiger partial charge in [-0.2, -0.15) is 0 Å². The largest absolute Gasteiger partial charge is 0.844 e. The van der Waals surface area contributed by atoms with Crippen molar-refractivity contribution in [2.45, 2.75) is 19.4 Å². The third-order valence-corrected chi connectivity index (χ3v) is 1.58. The molecule has 0 heterocycles. The second kappa shape index (κ2) is 3.07. The molecular formula is C10H11O2-. The third kappa shape index (κ3) is 1.92. The molecule has 0 saturated heterocycles. The molecule has 0 aliphatic heterocycles. The molecule has 2 heteroatoms. The van der Waals surface area contributed by atoms with E-state index >= 15 is 0 Å². The molecule has 0 unspecified atom stereocenters. The minimum atomic E-state index is -1.53. The Hall–Kier alpha value is -1.15. The van der Waals surface area contributed by atoms with Crippen molar-refractivity contribution >= 4 is 5.78 Å². The normalized spacial score (nSPS) is 11.2. The van der Waals surface area contributed by atoms with E-state index in [4.69, 9.17) is 0 Å². The van der Waals surface area contributed by atoms with Crippen LogP contribution in [0.4, 0.5) is 0 Å². The summed E-state index contributed by atoms with van der Waals surface area (Å²) in [5.74, 6) is -0.358. The molecule has 0 N–H and O–H groups in total. The van der Waals surface area contributed by atoms with Gasteiger partial charge in [-0.1, -0.05) is 49.8 Å². The number of rotatable bonds is 2. The number of hydrogen-bond acceptors (Lipinski definition) is 2. The highest BCUT2D eigenvalue weighted by atomic mass is 16.3. The fraction of sp³-hybridized carbons (Fsp3) is 0.300. The molecule has 64 valence electrons. The molecule has 0 aliphatic rings. The van der Waals surface area contributed by atoms with Crippen molar-refractivity contribution in [3.8, 4) is 0 Å². The predicted octanol–water partition coefficient (Wildman–Crippen LogP) is 1.01. The van der Waals surface area contributed by atoms with Gasteiger partial charge in [-0.05, 0) is 0 Å². The van der Waals surface area contributed by atoms with Crippen LogP contribution in [0, 0.1) is 0 Å². The number of benzene rings is 1. The summed E-state index contributed by atoms with van der Waals surface area (Å²) in [6, 6.07) is 8.62. The minimum absolute atomic E-state index is 0.358. The lowest BCUT2D eigenvalue weighted by atomic mass is 9.97. The van der Waals surface area contributed by atoms with E-state index in [1.54, 1.807) is 24.3 Å². The molecule has 0 aromatic heterocycles. The standard InChI is InChI=1S/C10H11O2/c1-10(2,12)9(11)8-6-4-3-5-7-8/h3-7H,1-2H3/q-1. The highest BCUT2D eigenvalue weighted by Gasteiger charge is 2.14. The maximum absolute atomic E-state index is 11.4. The van der Waals surface area contributed by atoms with Gasteiger partial charge >= 0.3 is 0 Å². The summed E-state index contributed by atoms with van der Waals surface area (Å²) >= 11 is 0. The maximum atomic E-state index is 11.4. The van der Waals surface area contributed by atoms with E-state index in [1.807, 2.05) is 6.07 Å². The van der Waals surface area contributed by atoms with Crippen molar-refractivity contribution in [3.05, 3.63) is 35.9 Å². The Kier molecular flexibility index (Phi) is 2.29. The molecule has 0 saturated carbocycles. The van der Waals surface area contributed by atoms with E-state index in [2.05, 4.69) is 0 Å². The monoisotopic (exact) mass is 163 g/mol. The first-order valence-corrected chi connectivity index (χ1v) is 3.82. The summed E-state index contributed by atoms with van der Waals surface area (Å²) in [6.07, 6.45) is 0. The molecule has 0 aliphatic carbocycles. The summed E-state index contributed by atoms with van der Waals surface area (Å²) in [4.78, 5) is 11.4. The molecule has 0 atom stereocenters. The van der Waals surface area contributed by atoms with Crippen molar-refractivity contribution in [2.24, 2.45) is 0 Å². The van der Waals surface area contributed by atoms with Crippen LogP contribution in [0.25, 0.3) is 0 Å². The van der Waals surface area contributed by atoms with Crippen LogP contribution in [0.1, 0.15) is 24.2 Å². The van der Waals surface area contributed by atoms with E-state index in [0.717, 1.165) is 0 Å². The van der Waals surface area contributed by atoms with Gasteiger partial charge in [0.05, 0.1) is 0 Å². The highest BCUT2D eigenvalue weighted by Crippen LogP contribution is 2.08. The Morgan fingerprint density at radius 3 is 2.17 bits per heavy atom. The molecule has 0 spiro atoms. The highest BCUT2D eigenvalue weighted by molar-refractivity contribution is 6.01. The van der Waals surface area contributed by atoms with Crippen LogP contribution in [-0.2, 0) is 0 Å². The second-order valence-electron chi connectivity index (χ2n) is 3.21. The maximum Gasteiger partial charge on any atom is 0.152 e. The Balaban J connectivity index is 2.94. The number of hydrogen-bond donors (Lipinski definition) is 0. The van der Waals surface area contributed by atoms with E-state index in [0.29, 0.717) is 5.56 Å². The zero-order valence-corrected chi connectivity index (χ0v) is 7.20. The molecule has 1 aromatic carbocycles. The quantitative estimate of drug-likeness (QED) is 0.610. The summed E-state index contributed by atoms with van der Waals surface area (Å²) in [5, 5.41) is 11.3. The molecule has 0 fully saturated rings. The molecule has 1 aromatic rings. The van der Waals surface area contributed by atoms with Gasteiger partial charge in [0.15, 0.2) is 5.78 Å². The Morgan fingerprint density at radius 1 is 1.25 bits per heavy atom. The van der Waals surface area contributed by atoms with Gasteiger partial charge in [0.1, 0.15) is 0 Å². The average Bonchev–Trinajstić information content (AvgIpc) is 2.03. The minimum Gasteiger partial charge on any atom is -0.844 e. The Labute approximate surface area is 71.8 Å². The summed E-state index contributed by atoms with van der Waals surface area (Å²) in [6.45, 7) is 2.75. The number of Topliss-reactive ketones (excluding diaryl/α,β-unsaturated/α-hetero) is 1. The van der Waals surface area contributed by atoms with Gasteiger partial charge in [0.2, 0.25) is 0 Å². The van der Waals surface area contributed by atoms with Crippen LogP contribution >= 0.6 is 0 Å². The molecule has 0 radical (unpaired) electrons. The van der Waals surface area contributed by atoms with Gasteiger partial charge in [-0.15, -0.1) is 0 Å². The lowest BCUT2D eigenvalue weighted by molar-refractivity contribution is -0.441. The van der Waals surface area contributed by atoms with Crippen molar-refractivity contribution in [1.82, 2.24) is 0 Å². The van der Waals surface area contributed by atoms with Gasteiger partial charge < -0.3 is 5.11 Å². The van der Waals surface area contributed by atoms with Gasteiger partial charge in [-0.25, -0.2) is 0 Å². The van der Waals surface area contributed by atoms with Gasteiger partial charge in [0, 0.05) is 5.56 Å². The average molecular weight is 163 g/mol. The zero-order chi connectivity index (χ0) is 9.19. The smallest absolute Gasteiger partial charge is 0.152 e. The van der Waals surface area contributed by atoms with Crippen LogP contribution < -0.4 is 5.11 Å². The first-order chi connectivity index (χ1) is 5.52. The van der Waals surface area contributed by atoms with Crippen molar-refractivity contribution in [2.75, 3.05) is 0 Å². The van der Waals surface area contributed by atoms with E-state index in [9.17, 15) is 9.90 Å². The summed E-state index contributed by atoms with van der Waals surface area (Å²) in [5.41, 5.74) is -1.04. The molecule has 0 amide bonds. The fourth-order valence-corrected chi connectivity index (χ4v) is 0.937.